The van der Waals surface area contributed by atoms with E-state index in [2.05, 4.69) is 85.2 Å². The molecule has 0 saturated heterocycles. The molecular formula is C38H32ClFN16O18S6. The Bertz CT molecular complexity index is 4200. The summed E-state index contributed by atoms with van der Waals surface area (Å²) in [5.74, 6) is -2.34. The average Bonchev–Trinajstić information content (AvgIpc) is 3.35. The van der Waals surface area contributed by atoms with E-state index >= 15 is 0 Å². The van der Waals surface area contributed by atoms with E-state index in [9.17, 15) is 60.1 Å². The topological polar surface area (TPSA) is 526 Å². The maximum absolute atomic E-state index is 14.7. The van der Waals surface area contributed by atoms with E-state index < -0.39 is 129 Å². The van der Waals surface area contributed by atoms with Crippen molar-refractivity contribution in [1.29, 1.82) is 0 Å². The van der Waals surface area contributed by atoms with Crippen molar-refractivity contribution >= 4 is 155 Å². The molecule has 0 unspecified atom stereocenters. The lowest BCUT2D eigenvalue weighted by Crippen LogP contribution is -2.15. The quantitative estimate of drug-likeness (QED) is 0.00804. The van der Waals surface area contributed by atoms with Gasteiger partial charge in [-0.25, -0.2) is 17.9 Å². The van der Waals surface area contributed by atoms with Gasteiger partial charge >= 0.3 is 16.5 Å². The number of benzene rings is 5. The number of aromatic nitrogens is 6. The summed E-state index contributed by atoms with van der Waals surface area (Å²) in [5.41, 5.74) is 8.69. The number of nitrogens with one attached hydrogen (secondary N) is 4. The highest BCUT2D eigenvalue weighted by molar-refractivity contribution is 7.94. The molecule has 0 aliphatic heterocycles. The number of rotatable bonds is 23. The summed E-state index contributed by atoms with van der Waals surface area (Å²) in [6.07, 6.45) is -1.36. The van der Waals surface area contributed by atoms with E-state index in [-0.39, 0.29) is 50.1 Å². The Morgan fingerprint density at radius 1 is 0.575 bits per heavy atom. The second-order valence-electron chi connectivity index (χ2n) is 15.1. The normalized spacial score (nSPS) is 12.5. The Labute approximate surface area is 458 Å². The summed E-state index contributed by atoms with van der Waals surface area (Å²) in [6.45, 7) is -0.859. The van der Waals surface area contributed by atoms with Crippen LogP contribution < -0.4 is 32.7 Å². The Morgan fingerprint density at radius 2 is 1.10 bits per heavy atom. The maximum Gasteiger partial charge on any atom is 0.397 e. The molecule has 0 bridgehead atoms. The zero-order valence-electron chi connectivity index (χ0n) is 39.0. The average molecular weight is 1250 g/mol. The monoisotopic (exact) mass is 1250 g/mol. The molecule has 2 heterocycles. The molecule has 422 valence electrons. The van der Waals surface area contributed by atoms with E-state index in [0.29, 0.717) is 18.1 Å². The molecule has 0 spiro atoms. The van der Waals surface area contributed by atoms with Crippen molar-refractivity contribution in [2.75, 3.05) is 45.1 Å². The van der Waals surface area contributed by atoms with Crippen LogP contribution in [-0.4, -0.2) is 108 Å². The summed E-state index contributed by atoms with van der Waals surface area (Å²) in [6, 6.07) is 17.2. The third-order valence-corrected chi connectivity index (χ3v) is 15.4. The van der Waals surface area contributed by atoms with Gasteiger partial charge in [0.2, 0.25) is 29.1 Å². The summed E-state index contributed by atoms with van der Waals surface area (Å²) < 4.78 is 183. The van der Waals surface area contributed by atoms with Gasteiger partial charge in [0.05, 0.1) is 51.3 Å². The van der Waals surface area contributed by atoms with Crippen LogP contribution in [0.25, 0.3) is 0 Å². The molecule has 0 aliphatic rings. The van der Waals surface area contributed by atoms with Crippen LogP contribution in [0.2, 0.25) is 5.28 Å². The van der Waals surface area contributed by atoms with Gasteiger partial charge in [-0.3, -0.25) is 18.2 Å². The van der Waals surface area contributed by atoms with Gasteiger partial charge in [0.25, 0.3) is 30.4 Å². The van der Waals surface area contributed by atoms with Crippen molar-refractivity contribution in [1.82, 2.24) is 29.9 Å². The lowest BCUT2D eigenvalue weighted by atomic mass is 10.2. The van der Waals surface area contributed by atoms with Gasteiger partial charge < -0.3 is 32.7 Å². The van der Waals surface area contributed by atoms with Crippen LogP contribution in [0.3, 0.4) is 0 Å². The number of sulfone groups is 1. The number of azo groups is 2. The Kier molecular flexibility index (Phi) is 18.1. The fourth-order valence-corrected chi connectivity index (χ4v) is 10.3. The molecule has 5 aromatic carbocycles. The van der Waals surface area contributed by atoms with Gasteiger partial charge in [-0.1, -0.05) is 17.2 Å². The van der Waals surface area contributed by atoms with Crippen LogP contribution in [0.4, 0.5) is 85.1 Å². The third kappa shape index (κ3) is 15.9. The van der Waals surface area contributed by atoms with Crippen LogP contribution in [0.5, 0.6) is 0 Å². The van der Waals surface area contributed by atoms with Crippen molar-refractivity contribution in [2.45, 2.75) is 24.5 Å². The number of halogens is 2. The predicted octanol–water partition coefficient (Wildman–Crippen LogP) is 6.58. The number of nitrogen functional groups attached to an aromatic ring is 2. The smallest absolute Gasteiger partial charge is 0.396 e. The fraction of sp³-hybridized carbons (Fsp3) is 0.0526. The molecule has 0 amide bonds. The fourth-order valence-electron chi connectivity index (χ4n) is 6.30. The molecule has 34 nitrogen and oxygen atoms in total. The summed E-state index contributed by atoms with van der Waals surface area (Å²) in [4.78, 5) is 20.3. The predicted molar refractivity (Wildman–Crippen MR) is 277 cm³/mol. The number of anilines is 10. The van der Waals surface area contributed by atoms with Crippen molar-refractivity contribution in [3.05, 3.63) is 102 Å². The van der Waals surface area contributed by atoms with Gasteiger partial charge in [0.1, 0.15) is 37.4 Å². The Balaban J connectivity index is 1.17. The van der Waals surface area contributed by atoms with E-state index in [1.807, 2.05) is 0 Å². The second kappa shape index (κ2) is 24.2. The number of nitrogens with zero attached hydrogens (tertiary/aromatic N) is 10. The van der Waals surface area contributed by atoms with Gasteiger partial charge in [-0.05, 0) is 90.5 Å². The summed E-state index contributed by atoms with van der Waals surface area (Å²) in [7, 11) is -24.1. The van der Waals surface area contributed by atoms with E-state index in [1.54, 1.807) is 0 Å². The van der Waals surface area contributed by atoms with Crippen LogP contribution in [0.15, 0.2) is 136 Å². The maximum atomic E-state index is 14.7. The van der Waals surface area contributed by atoms with Gasteiger partial charge in [0.15, 0.2) is 9.84 Å². The minimum absolute atomic E-state index is 0.000130. The van der Waals surface area contributed by atoms with E-state index in [0.717, 1.165) is 36.4 Å². The second-order valence-corrected chi connectivity index (χ2v) is 23.5. The van der Waals surface area contributed by atoms with Crippen molar-refractivity contribution < 1.29 is 83.5 Å². The lowest BCUT2D eigenvalue weighted by molar-refractivity contribution is -0.432. The first-order valence-corrected chi connectivity index (χ1v) is 29.3. The highest BCUT2D eigenvalue weighted by Gasteiger charge is 2.25. The zero-order chi connectivity index (χ0) is 58.4. The number of para-hydroxylation sites is 1. The molecule has 0 radical (unpaired) electrons. The van der Waals surface area contributed by atoms with Crippen LogP contribution >= 0.6 is 23.6 Å². The first-order chi connectivity index (χ1) is 37.4. The third-order valence-electron chi connectivity index (χ3n) is 9.66. The van der Waals surface area contributed by atoms with Gasteiger partial charge in [0, 0.05) is 17.1 Å². The molecule has 0 atom stereocenters. The molecule has 42 heteroatoms. The van der Waals surface area contributed by atoms with Gasteiger partial charge in [-0.2, -0.15) is 68.0 Å². The molecular weight excluding hydrogens is 1220 g/mol. The van der Waals surface area contributed by atoms with Gasteiger partial charge in [-0.15, -0.1) is 24.8 Å². The first-order valence-electron chi connectivity index (χ1n) is 20.8. The van der Waals surface area contributed by atoms with Crippen molar-refractivity contribution in [2.24, 2.45) is 20.5 Å². The van der Waals surface area contributed by atoms with Crippen LogP contribution in [0, 0.1) is 6.08 Å². The van der Waals surface area contributed by atoms with Crippen molar-refractivity contribution in [3.63, 3.8) is 0 Å². The molecule has 80 heavy (non-hydrogen) atoms. The summed E-state index contributed by atoms with van der Waals surface area (Å²) >= 11 is 6.48. The van der Waals surface area contributed by atoms with E-state index in [1.165, 1.54) is 48.5 Å². The number of hydrogen-bond donors (Lipinski definition) is 11. The standard InChI is InChI=1S/C38H32ClFN16O18S6/c39-33-47-35(43-18-5-9-21(10-6-18)76(58,59)14-13-72-80(69,70)71)51-36(48-33)44-20-8-12-28(78(63,64)65)24(16-20)54-55-25-17-29(79(66,67)68)31(42)32(30(25)41)56-53-23-15-19(7-11-26(23)75-74-73-57)45-37-49-34(40)50-38(52-37)46-22-3-1-2-4-27(22)77(60,61)62/h1-12,15-17,57H,13-14,41-42H2,(H,60,61,62)(H,63,64,65)(H,66,67,68)(H,69,70,71)(H2,43,44,47,48,51)(H2,45,46,49,50,52). The molecule has 7 rings (SSSR count). The Hall–Kier alpha value is -7.88. The molecule has 2 aromatic heterocycles. The first kappa shape index (κ1) is 59.8. The molecule has 13 N–H and O–H groups in total. The highest BCUT2D eigenvalue weighted by Crippen LogP contribution is 2.45. The number of hydrogen-bond acceptors (Lipinski definition) is 31. The largest absolute Gasteiger partial charge is 0.397 e. The zero-order valence-corrected chi connectivity index (χ0v) is 44.6. The number of nitrogens with two attached hydrogens (primary N) is 2. The van der Waals surface area contributed by atoms with Crippen molar-refractivity contribution in [3.8, 4) is 0 Å². The minimum Gasteiger partial charge on any atom is -0.396 e. The summed E-state index contributed by atoms with van der Waals surface area (Å²) in [5, 5.41) is 38.4. The van der Waals surface area contributed by atoms with E-state index in [4.69, 9.17) is 32.9 Å². The molecule has 0 aliphatic carbocycles. The van der Waals surface area contributed by atoms with Crippen LogP contribution in [0.1, 0.15) is 0 Å². The highest BCUT2D eigenvalue weighted by atomic mass is 35.5. The Morgan fingerprint density at radius 3 is 1.70 bits per heavy atom. The lowest BCUT2D eigenvalue weighted by Gasteiger charge is -2.12. The SMILES string of the molecule is Nc1c(N=Nc2cc(Nc3nc(Cl)nc(Nc4ccc(S(=O)(=O)CCOS(=O)(=O)O)cc4)n3)ccc2S(=O)(=O)O)cc(S(=O)(=O)O)c(N)c1N=Nc1cc(Nc2nc(F)nc(Nc3ccccc3S(=O)(=O)O)n2)ccc1SOOO. The van der Waals surface area contributed by atoms with Crippen LogP contribution in [-0.2, 0) is 64.1 Å². The molecule has 0 fully saturated rings. The molecule has 0 saturated carbocycles. The minimum atomic E-state index is -5.27. The molecule has 7 aromatic rings.